The molecule has 1 aromatic heterocycles. The largest absolute Gasteiger partial charge is 0.394 e. The van der Waals surface area contributed by atoms with E-state index >= 15 is 0 Å². The highest BCUT2D eigenvalue weighted by atomic mass is 32.1. The van der Waals surface area contributed by atoms with E-state index < -0.39 is 78.0 Å². The standard InChI is InChI=1S/C36H57N11O8S/c1-18(2)15-25(45-32(53)24(9-6-7-13-37)44-34(55)26(17-48)42-20(5)49)33(54)43-23(10-8-14-41-36(39)40)29(50)35-46-22-12-11-21(16-27(22)56-35)31(52)47-28(19(3)4)30(38)51/h11-12,16,18-19,23-26,28,48H,6-10,13-15,17,37H2,1-5H3,(H2,38,51)(H,42,49)(H,43,54)(H,44,55)(H,45,53)(H,47,52)(H4,39,40,41)/t23-,24-,25-,26-,28+/m0/s1. The third-order valence-corrected chi connectivity index (χ3v) is 9.53. The summed E-state index contributed by atoms with van der Waals surface area (Å²) in [7, 11) is 0. The number of primary amides is 1. The number of aliphatic hydroxyl groups is 1. The van der Waals surface area contributed by atoms with E-state index in [2.05, 4.69) is 36.6 Å². The fraction of sp³-hybridized carbons (Fsp3) is 0.583. The number of carbonyl (C=O) groups excluding carboxylic acids is 7. The number of Topliss-reactive ketones (excluding diaryl/α,β-unsaturated/α-hetero) is 1. The molecule has 56 heavy (non-hydrogen) atoms. The molecule has 0 unspecified atom stereocenters. The van der Waals surface area contributed by atoms with Gasteiger partial charge in [0, 0.05) is 19.0 Å². The first-order valence-electron chi connectivity index (χ1n) is 18.5. The summed E-state index contributed by atoms with van der Waals surface area (Å²) in [5, 5.41) is 22.7. The summed E-state index contributed by atoms with van der Waals surface area (Å²) in [6.45, 7) is 8.16. The smallest absolute Gasteiger partial charge is 0.251 e. The predicted molar refractivity (Wildman–Crippen MR) is 212 cm³/mol. The van der Waals surface area contributed by atoms with Crippen molar-refractivity contribution in [2.75, 3.05) is 19.7 Å². The van der Waals surface area contributed by atoms with Gasteiger partial charge in [-0.3, -0.25) is 38.6 Å². The Morgan fingerprint density at radius 1 is 0.804 bits per heavy atom. The Morgan fingerprint density at radius 3 is 1.98 bits per heavy atom. The van der Waals surface area contributed by atoms with Crippen LogP contribution in [0.4, 0.5) is 0 Å². The molecule has 0 saturated heterocycles. The fourth-order valence-corrected chi connectivity index (χ4v) is 6.60. The van der Waals surface area contributed by atoms with E-state index in [0.717, 1.165) is 11.3 Å². The van der Waals surface area contributed by atoms with Gasteiger partial charge in [-0.25, -0.2) is 4.98 Å². The van der Waals surface area contributed by atoms with E-state index in [-0.39, 0.29) is 60.6 Å². The van der Waals surface area contributed by atoms with Gasteiger partial charge in [0.15, 0.2) is 11.0 Å². The maximum absolute atomic E-state index is 14.0. The maximum atomic E-state index is 14.0. The first-order valence-corrected chi connectivity index (χ1v) is 19.3. The number of hydrogen-bond acceptors (Lipinski definition) is 12. The number of nitrogens with one attached hydrogen (secondary N) is 5. The van der Waals surface area contributed by atoms with E-state index in [0.29, 0.717) is 29.6 Å². The van der Waals surface area contributed by atoms with Crippen molar-refractivity contribution in [1.29, 1.82) is 0 Å². The Bertz CT molecular complexity index is 1730. The minimum absolute atomic E-state index is 0.0478. The van der Waals surface area contributed by atoms with E-state index in [9.17, 15) is 38.7 Å². The highest BCUT2D eigenvalue weighted by Crippen LogP contribution is 2.25. The number of fused-ring (bicyclic) bond motifs is 1. The van der Waals surface area contributed by atoms with Crippen LogP contribution >= 0.6 is 11.3 Å². The van der Waals surface area contributed by atoms with Crippen LogP contribution in [0.1, 0.15) is 93.3 Å². The lowest BCUT2D eigenvalue weighted by molar-refractivity contribution is -0.134. The molecule has 0 aliphatic carbocycles. The number of benzene rings is 1. The molecule has 14 N–H and O–H groups in total. The summed E-state index contributed by atoms with van der Waals surface area (Å²) in [5.74, 6) is -4.92. The highest BCUT2D eigenvalue weighted by Gasteiger charge is 2.32. The lowest BCUT2D eigenvalue weighted by Gasteiger charge is -2.27. The van der Waals surface area contributed by atoms with Crippen LogP contribution in [0, 0.1) is 11.8 Å². The van der Waals surface area contributed by atoms with Crippen molar-refractivity contribution >= 4 is 68.7 Å². The van der Waals surface area contributed by atoms with E-state index in [1.165, 1.54) is 13.0 Å². The lowest BCUT2D eigenvalue weighted by Crippen LogP contribution is -2.58. The zero-order valence-corrected chi connectivity index (χ0v) is 33.4. The monoisotopic (exact) mass is 803 g/mol. The van der Waals surface area contributed by atoms with Crippen molar-refractivity contribution in [3.05, 3.63) is 28.8 Å². The molecular formula is C36H57N11O8S. The minimum Gasteiger partial charge on any atom is -0.394 e. The van der Waals surface area contributed by atoms with Gasteiger partial charge in [0.1, 0.15) is 24.2 Å². The SMILES string of the molecule is CC(=O)N[C@@H](CO)C(=O)N[C@@H](CCCCN)C(=O)N[C@@H](CC(C)C)C(=O)N[C@@H](CCCN=C(N)N)C(=O)c1nc2ccc(C(=O)N[C@@H](C(N)=O)C(C)C)cc2s1. The number of thiazole rings is 1. The number of aliphatic imine (C=N–C) groups is 1. The molecule has 0 fully saturated rings. The van der Waals surface area contributed by atoms with Gasteiger partial charge in [-0.1, -0.05) is 27.7 Å². The van der Waals surface area contributed by atoms with E-state index in [4.69, 9.17) is 22.9 Å². The molecule has 1 aromatic carbocycles. The van der Waals surface area contributed by atoms with E-state index in [1.54, 1.807) is 26.0 Å². The summed E-state index contributed by atoms with van der Waals surface area (Å²) >= 11 is 1.01. The van der Waals surface area contributed by atoms with Gasteiger partial charge in [0.25, 0.3) is 5.91 Å². The van der Waals surface area contributed by atoms with Crippen molar-refractivity contribution in [2.24, 2.45) is 39.8 Å². The fourth-order valence-electron chi connectivity index (χ4n) is 5.60. The van der Waals surface area contributed by atoms with Crippen LogP contribution in [0.25, 0.3) is 10.2 Å². The number of ketones is 1. The number of guanidine groups is 1. The third-order valence-electron chi connectivity index (χ3n) is 8.50. The molecule has 0 aliphatic rings. The Kier molecular flexibility index (Phi) is 19.3. The van der Waals surface area contributed by atoms with Crippen LogP contribution in [-0.2, 0) is 24.0 Å². The number of unbranched alkanes of at least 4 members (excludes halogenated alkanes) is 1. The molecule has 6 amide bonds. The second-order valence-corrected chi connectivity index (χ2v) is 15.2. The van der Waals surface area contributed by atoms with Crippen LogP contribution in [-0.4, -0.2) is 107 Å². The van der Waals surface area contributed by atoms with Gasteiger partial charge in [-0.15, -0.1) is 11.3 Å². The number of aliphatic hydroxyl groups excluding tert-OH is 1. The number of rotatable bonds is 24. The summed E-state index contributed by atoms with van der Waals surface area (Å²) in [6, 6.07) is -0.988. The number of amides is 6. The highest BCUT2D eigenvalue weighted by molar-refractivity contribution is 7.20. The molecule has 19 nitrogen and oxygen atoms in total. The van der Waals surface area contributed by atoms with Gasteiger partial charge in [0.05, 0.1) is 22.9 Å². The summed E-state index contributed by atoms with van der Waals surface area (Å²) < 4.78 is 0.501. The summed E-state index contributed by atoms with van der Waals surface area (Å²) in [5.41, 5.74) is 22.7. The molecule has 5 atom stereocenters. The molecule has 2 aromatic rings. The Hall–Kier alpha value is -5.21. The second kappa shape index (κ2) is 23.0. The first-order chi connectivity index (χ1) is 26.4. The molecule has 0 radical (unpaired) electrons. The third kappa shape index (κ3) is 15.1. The summed E-state index contributed by atoms with van der Waals surface area (Å²) in [6.07, 6.45) is 1.70. The topological polar surface area (TPSA) is 329 Å². The van der Waals surface area contributed by atoms with Crippen molar-refractivity contribution in [2.45, 2.75) is 103 Å². The average Bonchev–Trinajstić information content (AvgIpc) is 3.55. The van der Waals surface area contributed by atoms with Gasteiger partial charge < -0.3 is 54.6 Å². The van der Waals surface area contributed by atoms with Gasteiger partial charge in [0.2, 0.25) is 35.3 Å². The normalized spacial score (nSPS) is 13.9. The first kappa shape index (κ1) is 46.9. The molecule has 0 bridgehead atoms. The lowest BCUT2D eigenvalue weighted by atomic mass is 10.00. The zero-order chi connectivity index (χ0) is 42.1. The Labute approximate surface area is 329 Å². The summed E-state index contributed by atoms with van der Waals surface area (Å²) in [4.78, 5) is 99.3. The molecule has 0 spiro atoms. The van der Waals surface area contributed by atoms with Crippen LogP contribution < -0.4 is 49.5 Å². The zero-order valence-electron chi connectivity index (χ0n) is 32.6. The van der Waals surface area contributed by atoms with Crippen molar-refractivity contribution in [3.63, 3.8) is 0 Å². The van der Waals surface area contributed by atoms with Crippen LogP contribution in [0.5, 0.6) is 0 Å². The molecule has 310 valence electrons. The number of nitrogens with two attached hydrogens (primary N) is 4. The molecule has 20 heteroatoms. The molecule has 0 saturated carbocycles. The number of carbonyl (C=O) groups is 7. The van der Waals surface area contributed by atoms with Crippen LogP contribution in [0.15, 0.2) is 23.2 Å². The maximum Gasteiger partial charge on any atom is 0.251 e. The predicted octanol–water partition coefficient (Wildman–Crippen LogP) is -1.10. The van der Waals surface area contributed by atoms with Crippen molar-refractivity contribution < 1.29 is 38.7 Å². The number of nitrogens with zero attached hydrogens (tertiary/aromatic N) is 2. The van der Waals surface area contributed by atoms with E-state index in [1.807, 2.05) is 13.8 Å². The quantitative estimate of drug-likeness (QED) is 0.0262. The van der Waals surface area contributed by atoms with Gasteiger partial charge >= 0.3 is 0 Å². The van der Waals surface area contributed by atoms with Gasteiger partial charge in [-0.2, -0.15) is 0 Å². The minimum atomic E-state index is -1.30. The second-order valence-electron chi connectivity index (χ2n) is 14.1. The van der Waals surface area contributed by atoms with Gasteiger partial charge in [-0.05, 0) is 75.1 Å². The van der Waals surface area contributed by atoms with Crippen LogP contribution in [0.2, 0.25) is 0 Å². The molecule has 2 rings (SSSR count). The van der Waals surface area contributed by atoms with Crippen molar-refractivity contribution in [1.82, 2.24) is 31.6 Å². The average molecular weight is 804 g/mol. The Balaban J connectivity index is 2.39. The molecule has 0 aliphatic heterocycles. The molecule has 1 heterocycles. The number of aromatic nitrogens is 1. The number of hydrogen-bond donors (Lipinski definition) is 10. The van der Waals surface area contributed by atoms with Crippen LogP contribution in [0.3, 0.4) is 0 Å². The Morgan fingerprint density at radius 2 is 1.41 bits per heavy atom. The molecular weight excluding hydrogens is 747 g/mol. The van der Waals surface area contributed by atoms with Crippen molar-refractivity contribution in [3.8, 4) is 0 Å².